The van der Waals surface area contributed by atoms with E-state index in [2.05, 4.69) is 9.97 Å². The summed E-state index contributed by atoms with van der Waals surface area (Å²) in [6.45, 7) is 7.47. The van der Waals surface area contributed by atoms with Crippen molar-refractivity contribution >= 4 is 22.8 Å². The zero-order valence-electron chi connectivity index (χ0n) is 10.6. The van der Waals surface area contributed by atoms with Crippen LogP contribution in [0.2, 0.25) is 0 Å². The molecule has 3 N–H and O–H groups in total. The van der Waals surface area contributed by atoms with Gasteiger partial charge in [-0.05, 0) is 51.0 Å². The van der Waals surface area contributed by atoms with Gasteiger partial charge in [0.05, 0.1) is 11.0 Å². The summed E-state index contributed by atoms with van der Waals surface area (Å²) < 4.78 is 0. The Hall–Kier alpha value is -1.84. The zero-order chi connectivity index (χ0) is 12.8. The van der Waals surface area contributed by atoms with E-state index in [1.165, 1.54) is 0 Å². The van der Waals surface area contributed by atoms with E-state index in [0.717, 1.165) is 22.2 Å². The largest absolute Gasteiger partial charge is 0.369 e. The summed E-state index contributed by atoms with van der Waals surface area (Å²) in [6.07, 6.45) is 0. The van der Waals surface area contributed by atoms with Gasteiger partial charge in [0.15, 0.2) is 5.95 Å². The molecule has 0 atom stereocenters. The number of nitrogens with zero attached hydrogens (tertiary/aromatic N) is 1. The molecule has 0 saturated carbocycles. The highest BCUT2D eigenvalue weighted by atomic mass is 16.1. The van der Waals surface area contributed by atoms with Crippen molar-refractivity contribution in [1.29, 1.82) is 0 Å². The van der Waals surface area contributed by atoms with E-state index in [0.29, 0.717) is 5.95 Å². The summed E-state index contributed by atoms with van der Waals surface area (Å²) in [5, 5.41) is 0. The number of carbonyl (C=O) groups excluding carboxylic acids is 1. The van der Waals surface area contributed by atoms with Crippen LogP contribution in [0.3, 0.4) is 0 Å². The third kappa shape index (κ3) is 1.79. The molecule has 0 aliphatic heterocycles. The Labute approximate surface area is 100 Å². The van der Waals surface area contributed by atoms with Crippen LogP contribution in [0, 0.1) is 6.92 Å². The molecular formula is C13H17N3O. The number of aromatic nitrogens is 2. The third-order valence-electron chi connectivity index (χ3n) is 3.40. The number of fused-ring (bicyclic) bond motifs is 1. The van der Waals surface area contributed by atoms with Gasteiger partial charge in [-0.25, -0.2) is 4.98 Å². The van der Waals surface area contributed by atoms with Gasteiger partial charge in [0.2, 0.25) is 0 Å². The molecule has 0 amide bonds. The van der Waals surface area contributed by atoms with Crippen molar-refractivity contribution in [2.75, 3.05) is 5.73 Å². The molecule has 0 aliphatic rings. The summed E-state index contributed by atoms with van der Waals surface area (Å²) in [5.74, 6) is 0.542. The third-order valence-corrected chi connectivity index (χ3v) is 3.40. The maximum Gasteiger partial charge on any atom is 0.198 e. The molecule has 1 aromatic heterocycles. The molecule has 0 radical (unpaired) electrons. The topological polar surface area (TPSA) is 71.8 Å². The Balaban J connectivity index is 2.69. The summed E-state index contributed by atoms with van der Waals surface area (Å²) in [6, 6.07) is 3.93. The standard InChI is InChI=1S/C13H17N3O/c1-7-5-10-11(16-12(14)15-10)6-9(7)13(3,4)8(2)17/h5-6H,1-4H3,(H3,14,15,16). The van der Waals surface area contributed by atoms with Gasteiger partial charge in [0.25, 0.3) is 0 Å². The normalized spacial score (nSPS) is 12.0. The minimum absolute atomic E-state index is 0.142. The number of anilines is 1. The number of ketones is 1. The van der Waals surface area contributed by atoms with Gasteiger partial charge in [-0.1, -0.05) is 0 Å². The van der Waals surface area contributed by atoms with Crippen molar-refractivity contribution in [2.24, 2.45) is 0 Å². The van der Waals surface area contributed by atoms with Crippen LogP contribution in [0.5, 0.6) is 0 Å². The second-order valence-corrected chi connectivity index (χ2v) is 4.99. The second kappa shape index (κ2) is 3.58. The number of nitrogens with one attached hydrogen (secondary N) is 1. The average molecular weight is 231 g/mol. The number of nitrogen functional groups attached to an aromatic ring is 1. The summed E-state index contributed by atoms with van der Waals surface area (Å²) in [7, 11) is 0. The predicted octanol–water partition coefficient (Wildman–Crippen LogP) is 2.32. The van der Waals surface area contributed by atoms with Crippen LogP contribution in [0.15, 0.2) is 12.1 Å². The summed E-state index contributed by atoms with van der Waals surface area (Å²) >= 11 is 0. The van der Waals surface area contributed by atoms with Crippen molar-refractivity contribution in [3.63, 3.8) is 0 Å². The molecule has 0 unspecified atom stereocenters. The van der Waals surface area contributed by atoms with Crippen LogP contribution in [-0.4, -0.2) is 15.8 Å². The van der Waals surface area contributed by atoms with Crippen molar-refractivity contribution in [2.45, 2.75) is 33.1 Å². The number of aromatic amines is 1. The van der Waals surface area contributed by atoms with Gasteiger partial charge < -0.3 is 10.7 Å². The van der Waals surface area contributed by atoms with Crippen molar-refractivity contribution in [3.05, 3.63) is 23.3 Å². The number of rotatable bonds is 2. The SMILES string of the molecule is CC(=O)C(C)(C)c1cc2nc(N)[nH]c2cc1C. The Morgan fingerprint density at radius 1 is 1.41 bits per heavy atom. The maximum atomic E-state index is 11.7. The summed E-state index contributed by atoms with van der Waals surface area (Å²) in [5.41, 5.74) is 8.92. The first-order valence-corrected chi connectivity index (χ1v) is 5.59. The fourth-order valence-corrected chi connectivity index (χ4v) is 2.05. The number of Topliss-reactive ketones (excluding diaryl/α,β-unsaturated/α-hetero) is 1. The minimum atomic E-state index is -0.494. The Kier molecular flexibility index (Phi) is 2.45. The Bertz CT molecular complexity index is 596. The van der Waals surface area contributed by atoms with Gasteiger partial charge >= 0.3 is 0 Å². The fraction of sp³-hybridized carbons (Fsp3) is 0.385. The molecule has 0 spiro atoms. The first-order valence-electron chi connectivity index (χ1n) is 5.59. The molecule has 90 valence electrons. The molecule has 4 nitrogen and oxygen atoms in total. The lowest BCUT2D eigenvalue weighted by Crippen LogP contribution is -2.27. The number of carbonyl (C=O) groups is 1. The maximum absolute atomic E-state index is 11.7. The van der Waals surface area contributed by atoms with Crippen molar-refractivity contribution < 1.29 is 4.79 Å². The lowest BCUT2D eigenvalue weighted by atomic mass is 9.79. The first kappa shape index (κ1) is 11.6. The van der Waals surface area contributed by atoms with Gasteiger partial charge in [0, 0.05) is 5.41 Å². The molecule has 1 heterocycles. The average Bonchev–Trinajstić information content (AvgIpc) is 2.55. The van der Waals surface area contributed by atoms with E-state index in [9.17, 15) is 4.79 Å². The van der Waals surface area contributed by atoms with Crippen LogP contribution >= 0.6 is 0 Å². The lowest BCUT2D eigenvalue weighted by Gasteiger charge is -2.23. The minimum Gasteiger partial charge on any atom is -0.369 e. The molecular weight excluding hydrogens is 214 g/mol. The Morgan fingerprint density at radius 2 is 2.06 bits per heavy atom. The number of nitrogens with two attached hydrogens (primary N) is 1. The van der Waals surface area contributed by atoms with Crippen molar-refractivity contribution in [3.8, 4) is 0 Å². The molecule has 0 bridgehead atoms. The van der Waals surface area contributed by atoms with E-state index in [1.54, 1.807) is 6.92 Å². The van der Waals surface area contributed by atoms with Crippen LogP contribution in [0.4, 0.5) is 5.95 Å². The lowest BCUT2D eigenvalue weighted by molar-refractivity contribution is -0.121. The summed E-state index contributed by atoms with van der Waals surface area (Å²) in [4.78, 5) is 18.9. The molecule has 2 aromatic rings. The van der Waals surface area contributed by atoms with Gasteiger partial charge in [-0.3, -0.25) is 4.79 Å². The second-order valence-electron chi connectivity index (χ2n) is 4.99. The Morgan fingerprint density at radius 3 is 2.65 bits per heavy atom. The van der Waals surface area contributed by atoms with E-state index >= 15 is 0 Å². The highest BCUT2D eigenvalue weighted by Gasteiger charge is 2.28. The van der Waals surface area contributed by atoms with E-state index < -0.39 is 5.41 Å². The molecule has 4 heteroatoms. The molecule has 0 aliphatic carbocycles. The fourth-order valence-electron chi connectivity index (χ4n) is 2.05. The van der Waals surface area contributed by atoms with E-state index in [1.807, 2.05) is 32.9 Å². The number of hydrogen-bond donors (Lipinski definition) is 2. The molecule has 1 aromatic carbocycles. The highest BCUT2D eigenvalue weighted by molar-refractivity contribution is 5.89. The number of imidazole rings is 1. The van der Waals surface area contributed by atoms with Crippen LogP contribution in [0.25, 0.3) is 11.0 Å². The highest BCUT2D eigenvalue weighted by Crippen LogP contribution is 2.30. The predicted molar refractivity (Wildman–Crippen MR) is 69.0 cm³/mol. The number of aryl methyl sites for hydroxylation is 1. The zero-order valence-corrected chi connectivity index (χ0v) is 10.6. The van der Waals surface area contributed by atoms with E-state index in [4.69, 9.17) is 5.73 Å². The smallest absolute Gasteiger partial charge is 0.198 e. The molecule has 0 saturated heterocycles. The number of hydrogen-bond acceptors (Lipinski definition) is 3. The number of H-pyrrole nitrogens is 1. The molecule has 2 rings (SSSR count). The molecule has 0 fully saturated rings. The van der Waals surface area contributed by atoms with Gasteiger partial charge in [-0.15, -0.1) is 0 Å². The van der Waals surface area contributed by atoms with Gasteiger partial charge in [-0.2, -0.15) is 0 Å². The monoisotopic (exact) mass is 231 g/mol. The number of benzene rings is 1. The molecule has 17 heavy (non-hydrogen) atoms. The van der Waals surface area contributed by atoms with Crippen LogP contribution in [0.1, 0.15) is 31.9 Å². The van der Waals surface area contributed by atoms with E-state index in [-0.39, 0.29) is 5.78 Å². The van der Waals surface area contributed by atoms with Gasteiger partial charge in [0.1, 0.15) is 5.78 Å². The van der Waals surface area contributed by atoms with Crippen molar-refractivity contribution in [1.82, 2.24) is 9.97 Å². The first-order chi connectivity index (χ1) is 7.82. The van der Waals surface area contributed by atoms with Crippen LogP contribution < -0.4 is 5.73 Å². The quantitative estimate of drug-likeness (QED) is 0.833. The van der Waals surface area contributed by atoms with Crippen LogP contribution in [-0.2, 0) is 10.2 Å².